The number of benzene rings is 2. The van der Waals surface area contributed by atoms with Crippen LogP contribution in [0.25, 0.3) is 0 Å². The first kappa shape index (κ1) is 15.8. The summed E-state index contributed by atoms with van der Waals surface area (Å²) in [5.74, 6) is -0.515. The molecule has 0 saturated heterocycles. The standard InChI is InChI=1S/C14H14BrFN2O2S/c1-2-17-11-4-6-12(7-5-11)21(19,20)18-14-9-10(16)3-8-13(14)15/h3-9,17-18H,2H2,1H3. The Morgan fingerprint density at radius 1 is 1.14 bits per heavy atom. The summed E-state index contributed by atoms with van der Waals surface area (Å²) in [5.41, 5.74) is 0.995. The largest absolute Gasteiger partial charge is 0.385 e. The molecule has 2 N–H and O–H groups in total. The Kier molecular flexibility index (Phi) is 4.84. The lowest BCUT2D eigenvalue weighted by Gasteiger charge is -2.10. The van der Waals surface area contributed by atoms with Gasteiger partial charge in [0.15, 0.2) is 0 Å². The summed E-state index contributed by atoms with van der Waals surface area (Å²) in [5, 5.41) is 3.08. The highest BCUT2D eigenvalue weighted by Crippen LogP contribution is 2.26. The summed E-state index contributed by atoms with van der Waals surface area (Å²) in [4.78, 5) is 0.111. The van der Waals surface area contributed by atoms with Gasteiger partial charge in [-0.1, -0.05) is 0 Å². The molecule has 0 spiro atoms. The van der Waals surface area contributed by atoms with Gasteiger partial charge in [0.1, 0.15) is 5.82 Å². The van der Waals surface area contributed by atoms with Crippen molar-refractivity contribution in [1.82, 2.24) is 0 Å². The highest BCUT2D eigenvalue weighted by molar-refractivity contribution is 9.10. The molecule has 0 bridgehead atoms. The number of rotatable bonds is 5. The van der Waals surface area contributed by atoms with Crippen molar-refractivity contribution in [2.75, 3.05) is 16.6 Å². The minimum Gasteiger partial charge on any atom is -0.385 e. The van der Waals surface area contributed by atoms with E-state index in [1.165, 1.54) is 24.3 Å². The highest BCUT2D eigenvalue weighted by atomic mass is 79.9. The molecule has 0 fully saturated rings. The minimum absolute atomic E-state index is 0.111. The smallest absolute Gasteiger partial charge is 0.261 e. The van der Waals surface area contributed by atoms with E-state index in [-0.39, 0.29) is 10.6 Å². The van der Waals surface area contributed by atoms with Crippen LogP contribution in [0.15, 0.2) is 51.8 Å². The van der Waals surface area contributed by atoms with Gasteiger partial charge in [-0.25, -0.2) is 12.8 Å². The molecular weight excluding hydrogens is 359 g/mol. The number of nitrogens with one attached hydrogen (secondary N) is 2. The van der Waals surface area contributed by atoms with E-state index in [0.717, 1.165) is 18.3 Å². The third-order valence-electron chi connectivity index (χ3n) is 2.72. The number of hydrogen-bond acceptors (Lipinski definition) is 3. The van der Waals surface area contributed by atoms with Gasteiger partial charge in [-0.3, -0.25) is 4.72 Å². The zero-order valence-electron chi connectivity index (χ0n) is 11.2. The molecule has 2 rings (SSSR count). The van der Waals surface area contributed by atoms with Crippen molar-refractivity contribution in [2.24, 2.45) is 0 Å². The van der Waals surface area contributed by atoms with Crippen molar-refractivity contribution in [3.8, 4) is 0 Å². The Balaban J connectivity index is 2.27. The van der Waals surface area contributed by atoms with Crippen LogP contribution in [0.4, 0.5) is 15.8 Å². The molecule has 0 heterocycles. The summed E-state index contributed by atoms with van der Waals surface area (Å²) in [6.45, 7) is 2.70. The highest BCUT2D eigenvalue weighted by Gasteiger charge is 2.16. The zero-order chi connectivity index (χ0) is 15.5. The van der Waals surface area contributed by atoms with Crippen LogP contribution in [-0.2, 0) is 10.0 Å². The van der Waals surface area contributed by atoms with Crippen LogP contribution in [0, 0.1) is 5.82 Å². The lowest BCUT2D eigenvalue weighted by atomic mass is 10.3. The van der Waals surface area contributed by atoms with Gasteiger partial charge in [0.2, 0.25) is 0 Å². The monoisotopic (exact) mass is 372 g/mol. The molecule has 0 radical (unpaired) electrons. The zero-order valence-corrected chi connectivity index (χ0v) is 13.6. The van der Waals surface area contributed by atoms with Gasteiger partial charge < -0.3 is 5.32 Å². The van der Waals surface area contributed by atoms with Gasteiger partial charge in [0.05, 0.1) is 10.6 Å². The molecule has 2 aromatic rings. The molecule has 0 aromatic heterocycles. The summed E-state index contributed by atoms with van der Waals surface area (Å²) in [6.07, 6.45) is 0. The predicted octanol–water partition coefficient (Wildman–Crippen LogP) is 3.82. The van der Waals surface area contributed by atoms with E-state index in [9.17, 15) is 12.8 Å². The predicted molar refractivity (Wildman–Crippen MR) is 85.5 cm³/mol. The molecule has 0 aliphatic carbocycles. The van der Waals surface area contributed by atoms with Crippen LogP contribution in [0.2, 0.25) is 0 Å². The first-order valence-electron chi connectivity index (χ1n) is 6.24. The summed E-state index contributed by atoms with van der Waals surface area (Å²) in [7, 11) is -3.76. The summed E-state index contributed by atoms with van der Waals surface area (Å²) >= 11 is 3.18. The fraction of sp³-hybridized carbons (Fsp3) is 0.143. The first-order valence-corrected chi connectivity index (χ1v) is 8.52. The average molecular weight is 373 g/mol. The van der Waals surface area contributed by atoms with Crippen molar-refractivity contribution < 1.29 is 12.8 Å². The van der Waals surface area contributed by atoms with Crippen molar-refractivity contribution in [2.45, 2.75) is 11.8 Å². The van der Waals surface area contributed by atoms with Gasteiger partial charge in [-0.2, -0.15) is 0 Å². The van der Waals surface area contributed by atoms with Crippen molar-refractivity contribution >= 4 is 37.3 Å². The Morgan fingerprint density at radius 3 is 2.43 bits per heavy atom. The molecular formula is C14H14BrFN2O2S. The average Bonchev–Trinajstić information content (AvgIpc) is 2.44. The topological polar surface area (TPSA) is 58.2 Å². The van der Waals surface area contributed by atoms with Gasteiger partial charge in [-0.15, -0.1) is 0 Å². The number of anilines is 2. The number of hydrogen-bond donors (Lipinski definition) is 2. The maximum atomic E-state index is 13.2. The van der Waals surface area contributed by atoms with Crippen molar-refractivity contribution in [1.29, 1.82) is 0 Å². The fourth-order valence-electron chi connectivity index (χ4n) is 1.74. The second-order valence-electron chi connectivity index (χ2n) is 4.28. The van der Waals surface area contributed by atoms with Crippen LogP contribution >= 0.6 is 15.9 Å². The van der Waals surface area contributed by atoms with Crippen LogP contribution in [0.3, 0.4) is 0 Å². The molecule has 0 unspecified atom stereocenters. The second kappa shape index (κ2) is 6.44. The number of halogens is 2. The quantitative estimate of drug-likeness (QED) is 0.838. The Morgan fingerprint density at radius 2 is 1.81 bits per heavy atom. The first-order chi connectivity index (χ1) is 9.92. The molecule has 2 aromatic carbocycles. The van der Waals surface area contributed by atoms with Gasteiger partial charge in [0, 0.05) is 16.7 Å². The van der Waals surface area contributed by atoms with Gasteiger partial charge >= 0.3 is 0 Å². The Hall–Kier alpha value is -1.60. The lowest BCUT2D eigenvalue weighted by Crippen LogP contribution is -2.13. The van der Waals surface area contributed by atoms with Gasteiger partial charge in [0.25, 0.3) is 10.0 Å². The Bertz CT molecular complexity index is 733. The third kappa shape index (κ3) is 3.95. The molecule has 0 saturated carbocycles. The molecule has 7 heteroatoms. The molecule has 0 atom stereocenters. The van der Waals surface area contributed by atoms with Crippen molar-refractivity contribution in [3.05, 3.63) is 52.8 Å². The minimum atomic E-state index is -3.76. The molecule has 21 heavy (non-hydrogen) atoms. The third-order valence-corrected chi connectivity index (χ3v) is 4.79. The van der Waals surface area contributed by atoms with Crippen LogP contribution < -0.4 is 10.0 Å². The SMILES string of the molecule is CCNc1ccc(S(=O)(=O)Nc2cc(F)ccc2Br)cc1. The second-order valence-corrected chi connectivity index (χ2v) is 6.82. The van der Waals surface area contributed by atoms with Crippen LogP contribution in [0.5, 0.6) is 0 Å². The maximum absolute atomic E-state index is 13.2. The molecule has 0 aliphatic rings. The normalized spacial score (nSPS) is 11.2. The van der Waals surface area contributed by atoms with Gasteiger partial charge in [-0.05, 0) is 65.3 Å². The molecule has 4 nitrogen and oxygen atoms in total. The van der Waals surface area contributed by atoms with E-state index < -0.39 is 15.8 Å². The summed E-state index contributed by atoms with van der Waals surface area (Å²) < 4.78 is 40.5. The van der Waals surface area contributed by atoms with E-state index in [4.69, 9.17) is 0 Å². The van der Waals surface area contributed by atoms with Crippen LogP contribution in [0.1, 0.15) is 6.92 Å². The van der Waals surface area contributed by atoms with E-state index in [2.05, 4.69) is 26.0 Å². The van der Waals surface area contributed by atoms with E-state index in [1.807, 2.05) is 6.92 Å². The van der Waals surface area contributed by atoms with Crippen LogP contribution in [-0.4, -0.2) is 15.0 Å². The maximum Gasteiger partial charge on any atom is 0.261 e. The van der Waals surface area contributed by atoms with E-state index in [1.54, 1.807) is 12.1 Å². The lowest BCUT2D eigenvalue weighted by molar-refractivity contribution is 0.601. The molecule has 0 aliphatic heterocycles. The number of sulfonamides is 1. The van der Waals surface area contributed by atoms with E-state index in [0.29, 0.717) is 4.47 Å². The molecule has 112 valence electrons. The van der Waals surface area contributed by atoms with E-state index >= 15 is 0 Å². The summed E-state index contributed by atoms with van der Waals surface area (Å²) in [6, 6.07) is 10.2. The Labute approximate surface area is 131 Å². The van der Waals surface area contributed by atoms with Crippen molar-refractivity contribution in [3.63, 3.8) is 0 Å². The fourth-order valence-corrected chi connectivity index (χ4v) is 3.28. The molecule has 0 amide bonds.